The Kier molecular flexibility index (Phi) is 9.46. The number of aryl methyl sites for hydroxylation is 1. The Morgan fingerprint density at radius 1 is 1.06 bits per heavy atom. The normalized spacial score (nSPS) is 14.4. The number of esters is 1. The molecule has 1 heterocycles. The number of halogens is 1. The third kappa shape index (κ3) is 7.69. The van der Waals surface area contributed by atoms with E-state index in [1.54, 1.807) is 25.1 Å². The molecule has 2 aromatic carbocycles. The van der Waals surface area contributed by atoms with Gasteiger partial charge in [0, 0.05) is 43.9 Å². The predicted octanol–water partition coefficient (Wildman–Crippen LogP) is 4.49. The van der Waals surface area contributed by atoms with Crippen molar-refractivity contribution in [2.75, 3.05) is 26.2 Å². The van der Waals surface area contributed by atoms with Gasteiger partial charge in [-0.2, -0.15) is 0 Å². The molecule has 1 aliphatic heterocycles. The molecule has 2 aromatic rings. The lowest BCUT2D eigenvalue weighted by molar-refractivity contribution is -0.156. The molecule has 176 valence electrons. The molecular weight excluding hydrogens is 440 g/mol. The van der Waals surface area contributed by atoms with Gasteiger partial charge in [0.25, 0.3) is 0 Å². The summed E-state index contributed by atoms with van der Waals surface area (Å²) in [5.74, 6) is -0.0679. The number of rotatable bonds is 11. The first-order chi connectivity index (χ1) is 16.0. The predicted molar refractivity (Wildman–Crippen MR) is 128 cm³/mol. The third-order valence-corrected chi connectivity index (χ3v) is 5.91. The van der Waals surface area contributed by atoms with E-state index >= 15 is 0 Å². The van der Waals surface area contributed by atoms with Crippen LogP contribution < -0.4 is 0 Å². The maximum Gasteiger partial charge on any atom is 0.338 e. The van der Waals surface area contributed by atoms with Gasteiger partial charge in [-0.15, -0.1) is 0 Å². The van der Waals surface area contributed by atoms with Crippen LogP contribution in [0.15, 0.2) is 48.5 Å². The van der Waals surface area contributed by atoms with E-state index in [0.29, 0.717) is 49.5 Å². The van der Waals surface area contributed by atoms with Crippen molar-refractivity contribution in [1.29, 1.82) is 0 Å². The number of carbonyl (C=O) groups is 3. The molecule has 6 nitrogen and oxygen atoms in total. The highest BCUT2D eigenvalue weighted by Crippen LogP contribution is 2.16. The highest BCUT2D eigenvalue weighted by atomic mass is 35.5. The van der Waals surface area contributed by atoms with Crippen LogP contribution in [-0.4, -0.2) is 53.9 Å². The van der Waals surface area contributed by atoms with Crippen LogP contribution >= 0.6 is 11.6 Å². The minimum Gasteiger partial charge on any atom is -0.462 e. The standard InChI is InChI=1S/C26H31ClN2O4/c1-2-33-26(32)22-12-10-20(11-13-22)7-4-16-29-25(31)9-5-15-28(29)17-14-24(30)19-21-6-3-8-23(27)18-21/h3,6,8,10-13,18H,2,4-5,7,9,14-17,19H2,1H3. The first-order valence-corrected chi connectivity index (χ1v) is 11.9. The Hall–Kier alpha value is -2.70. The van der Waals surface area contributed by atoms with Crippen molar-refractivity contribution in [3.05, 3.63) is 70.2 Å². The Morgan fingerprint density at radius 3 is 2.58 bits per heavy atom. The molecule has 1 fully saturated rings. The molecule has 0 bridgehead atoms. The summed E-state index contributed by atoms with van der Waals surface area (Å²) < 4.78 is 5.01. The number of nitrogens with zero attached hydrogens (tertiary/aromatic N) is 2. The van der Waals surface area contributed by atoms with Crippen LogP contribution in [0, 0.1) is 0 Å². The van der Waals surface area contributed by atoms with Crippen molar-refractivity contribution in [2.45, 2.75) is 45.4 Å². The summed E-state index contributed by atoms with van der Waals surface area (Å²) in [5, 5.41) is 4.46. The molecule has 0 atom stereocenters. The Balaban J connectivity index is 1.48. The van der Waals surface area contributed by atoms with Crippen molar-refractivity contribution >= 4 is 29.3 Å². The molecule has 0 spiro atoms. The van der Waals surface area contributed by atoms with E-state index < -0.39 is 0 Å². The number of hydrazine groups is 1. The van der Waals surface area contributed by atoms with Gasteiger partial charge < -0.3 is 4.74 Å². The highest BCUT2D eigenvalue weighted by Gasteiger charge is 2.25. The quantitative estimate of drug-likeness (QED) is 0.452. The molecule has 0 unspecified atom stereocenters. The van der Waals surface area contributed by atoms with Crippen LogP contribution in [0.3, 0.4) is 0 Å². The summed E-state index contributed by atoms with van der Waals surface area (Å²) >= 11 is 6.01. The maximum atomic E-state index is 12.5. The van der Waals surface area contributed by atoms with Gasteiger partial charge in [0.1, 0.15) is 5.78 Å². The Morgan fingerprint density at radius 2 is 1.85 bits per heavy atom. The lowest BCUT2D eigenvalue weighted by atomic mass is 10.1. The second-order valence-corrected chi connectivity index (χ2v) is 8.63. The molecule has 1 amide bonds. The monoisotopic (exact) mass is 470 g/mol. The fourth-order valence-electron chi connectivity index (χ4n) is 3.99. The highest BCUT2D eigenvalue weighted by molar-refractivity contribution is 6.30. The first-order valence-electron chi connectivity index (χ1n) is 11.5. The summed E-state index contributed by atoms with van der Waals surface area (Å²) in [5.41, 5.74) is 2.56. The minimum absolute atomic E-state index is 0.112. The molecule has 1 saturated heterocycles. The van der Waals surface area contributed by atoms with Crippen LogP contribution in [-0.2, 0) is 27.2 Å². The average molecular weight is 471 g/mol. The van der Waals surface area contributed by atoms with Crippen LogP contribution in [0.1, 0.15) is 54.1 Å². The SMILES string of the molecule is CCOC(=O)c1ccc(CCCN2C(=O)CCCN2CCC(=O)Cc2cccc(Cl)c2)cc1. The van der Waals surface area contributed by atoms with Gasteiger partial charge in [0.15, 0.2) is 0 Å². The molecule has 0 saturated carbocycles. The zero-order valence-electron chi connectivity index (χ0n) is 19.1. The minimum atomic E-state index is -0.316. The maximum absolute atomic E-state index is 12.5. The van der Waals surface area contributed by atoms with Gasteiger partial charge in [-0.1, -0.05) is 35.9 Å². The van der Waals surface area contributed by atoms with Gasteiger partial charge in [-0.25, -0.2) is 9.80 Å². The van der Waals surface area contributed by atoms with Crippen LogP contribution in [0.5, 0.6) is 0 Å². The van der Waals surface area contributed by atoms with Crippen LogP contribution in [0.2, 0.25) is 5.02 Å². The number of hydrogen-bond acceptors (Lipinski definition) is 5. The van der Waals surface area contributed by atoms with Gasteiger partial charge in [0.05, 0.1) is 12.2 Å². The largest absolute Gasteiger partial charge is 0.462 e. The first kappa shape index (κ1) is 24.9. The van der Waals surface area contributed by atoms with Crippen molar-refractivity contribution < 1.29 is 19.1 Å². The lowest BCUT2D eigenvalue weighted by Crippen LogP contribution is -2.51. The van der Waals surface area contributed by atoms with Gasteiger partial charge in [-0.3, -0.25) is 14.6 Å². The smallest absolute Gasteiger partial charge is 0.338 e. The number of amides is 1. The number of ether oxygens (including phenoxy) is 1. The molecule has 0 aromatic heterocycles. The van der Waals surface area contributed by atoms with E-state index in [1.165, 1.54) is 0 Å². The van der Waals surface area contributed by atoms with Gasteiger partial charge in [-0.05, 0) is 61.6 Å². The van der Waals surface area contributed by atoms with Crippen molar-refractivity contribution in [1.82, 2.24) is 10.0 Å². The zero-order valence-corrected chi connectivity index (χ0v) is 19.9. The average Bonchev–Trinajstić information content (AvgIpc) is 2.79. The Bertz CT molecular complexity index is 961. The van der Waals surface area contributed by atoms with E-state index in [2.05, 4.69) is 0 Å². The Labute approximate surface area is 200 Å². The van der Waals surface area contributed by atoms with Crippen molar-refractivity contribution in [3.8, 4) is 0 Å². The molecule has 3 rings (SSSR count). The van der Waals surface area contributed by atoms with E-state index in [1.807, 2.05) is 40.3 Å². The summed E-state index contributed by atoms with van der Waals surface area (Å²) in [6.07, 6.45) is 3.70. The van der Waals surface area contributed by atoms with Gasteiger partial charge in [0.2, 0.25) is 5.91 Å². The molecule has 0 radical (unpaired) electrons. The number of Topliss-reactive ketones (excluding diaryl/α,β-unsaturated/α-hetero) is 1. The molecule has 7 heteroatoms. The van der Waals surface area contributed by atoms with E-state index in [4.69, 9.17) is 16.3 Å². The molecule has 0 N–H and O–H groups in total. The van der Waals surface area contributed by atoms with E-state index in [0.717, 1.165) is 36.9 Å². The topological polar surface area (TPSA) is 66.9 Å². The fourth-order valence-corrected chi connectivity index (χ4v) is 4.20. The van der Waals surface area contributed by atoms with Crippen LogP contribution in [0.25, 0.3) is 0 Å². The number of benzene rings is 2. The second kappa shape index (κ2) is 12.5. The summed E-state index contributed by atoms with van der Waals surface area (Å²) in [4.78, 5) is 36.8. The van der Waals surface area contributed by atoms with E-state index in [9.17, 15) is 14.4 Å². The van der Waals surface area contributed by atoms with E-state index in [-0.39, 0.29) is 17.7 Å². The number of hydrogen-bond donors (Lipinski definition) is 0. The second-order valence-electron chi connectivity index (χ2n) is 8.19. The summed E-state index contributed by atoms with van der Waals surface area (Å²) in [6, 6.07) is 14.8. The lowest BCUT2D eigenvalue weighted by Gasteiger charge is -2.38. The zero-order chi connectivity index (χ0) is 23.6. The van der Waals surface area contributed by atoms with Gasteiger partial charge >= 0.3 is 5.97 Å². The summed E-state index contributed by atoms with van der Waals surface area (Å²) in [7, 11) is 0. The van der Waals surface area contributed by atoms with Crippen molar-refractivity contribution in [2.24, 2.45) is 0 Å². The molecule has 1 aliphatic rings. The molecule has 0 aliphatic carbocycles. The van der Waals surface area contributed by atoms with Crippen molar-refractivity contribution in [3.63, 3.8) is 0 Å². The fraction of sp³-hybridized carbons (Fsp3) is 0.423. The van der Waals surface area contributed by atoms with Crippen LogP contribution in [0.4, 0.5) is 0 Å². The summed E-state index contributed by atoms with van der Waals surface area (Å²) in [6.45, 7) is 4.07. The number of carbonyl (C=O) groups excluding carboxylic acids is 3. The molecular formula is C26H31ClN2O4. The number of ketones is 1. The molecule has 33 heavy (non-hydrogen) atoms. The third-order valence-electron chi connectivity index (χ3n) is 5.68.